The lowest BCUT2D eigenvalue weighted by molar-refractivity contribution is 0.0975. The number of rotatable bonds is 5. The summed E-state index contributed by atoms with van der Waals surface area (Å²) in [4.78, 5) is 11.4. The molecule has 0 saturated heterocycles. The first kappa shape index (κ1) is 9.71. The van der Waals surface area contributed by atoms with Gasteiger partial charge in [0.2, 0.25) is 0 Å². The predicted octanol–water partition coefficient (Wildman–Crippen LogP) is 1.96. The summed E-state index contributed by atoms with van der Waals surface area (Å²) < 4.78 is 1.64. The molecule has 0 saturated carbocycles. The third-order valence-electron chi connectivity index (χ3n) is 1.81. The van der Waals surface area contributed by atoms with Crippen LogP contribution in [0.5, 0.6) is 0 Å². The van der Waals surface area contributed by atoms with Crippen molar-refractivity contribution in [3.63, 3.8) is 0 Å². The zero-order valence-electron chi connectivity index (χ0n) is 7.86. The van der Waals surface area contributed by atoms with Gasteiger partial charge in [-0.1, -0.05) is 6.08 Å². The van der Waals surface area contributed by atoms with E-state index in [1.807, 2.05) is 6.08 Å². The first-order chi connectivity index (χ1) is 6.24. The van der Waals surface area contributed by atoms with Crippen LogP contribution in [-0.2, 0) is 7.05 Å². The normalized spacial score (nSPS) is 9.92. The molecule has 0 aliphatic carbocycles. The van der Waals surface area contributed by atoms with Crippen LogP contribution < -0.4 is 0 Å². The number of unbranched alkanes of at least 4 members (excludes halogenated alkanes) is 1. The number of nitrogens with zero attached hydrogens (tertiary/aromatic N) is 2. The molecule has 0 aliphatic rings. The van der Waals surface area contributed by atoms with Crippen molar-refractivity contribution in [2.75, 3.05) is 0 Å². The maximum atomic E-state index is 11.4. The van der Waals surface area contributed by atoms with Crippen molar-refractivity contribution in [3.8, 4) is 0 Å². The summed E-state index contributed by atoms with van der Waals surface area (Å²) in [6, 6.07) is 1.75. The minimum absolute atomic E-state index is 0.113. The van der Waals surface area contributed by atoms with Crippen LogP contribution >= 0.6 is 0 Å². The van der Waals surface area contributed by atoms with E-state index in [1.165, 1.54) is 0 Å². The Morgan fingerprint density at radius 1 is 1.77 bits per heavy atom. The number of aromatic nitrogens is 2. The number of ketones is 1. The second kappa shape index (κ2) is 4.60. The number of carbonyl (C=O) groups is 1. The summed E-state index contributed by atoms with van der Waals surface area (Å²) >= 11 is 0. The third kappa shape index (κ3) is 2.86. The van der Waals surface area contributed by atoms with Gasteiger partial charge in [0.25, 0.3) is 0 Å². The highest BCUT2D eigenvalue weighted by atomic mass is 16.1. The standard InChI is InChI=1S/C10H14N2O/c1-3-4-5-6-10(13)9-7-8-12(2)11-9/h3,7-8H,1,4-6H2,2H3. The van der Waals surface area contributed by atoms with E-state index in [4.69, 9.17) is 0 Å². The molecule has 0 bridgehead atoms. The Morgan fingerprint density at radius 2 is 2.54 bits per heavy atom. The van der Waals surface area contributed by atoms with Gasteiger partial charge in [-0.3, -0.25) is 9.48 Å². The van der Waals surface area contributed by atoms with E-state index >= 15 is 0 Å². The summed E-state index contributed by atoms with van der Waals surface area (Å²) in [5.41, 5.74) is 0.562. The Hall–Kier alpha value is -1.38. The van der Waals surface area contributed by atoms with Gasteiger partial charge in [-0.25, -0.2) is 0 Å². The number of aryl methyl sites for hydroxylation is 1. The third-order valence-corrected chi connectivity index (χ3v) is 1.81. The molecule has 0 unspecified atom stereocenters. The van der Waals surface area contributed by atoms with Gasteiger partial charge in [-0.05, 0) is 18.9 Å². The van der Waals surface area contributed by atoms with Gasteiger partial charge in [0.1, 0.15) is 5.69 Å². The van der Waals surface area contributed by atoms with Crippen LogP contribution in [0.3, 0.4) is 0 Å². The molecule has 0 radical (unpaired) electrons. The van der Waals surface area contributed by atoms with Crippen LogP contribution in [-0.4, -0.2) is 15.6 Å². The van der Waals surface area contributed by atoms with Gasteiger partial charge in [-0.15, -0.1) is 6.58 Å². The molecular weight excluding hydrogens is 164 g/mol. The summed E-state index contributed by atoms with van der Waals surface area (Å²) in [5, 5.41) is 4.03. The van der Waals surface area contributed by atoms with Crippen LogP contribution in [0.25, 0.3) is 0 Å². The molecule has 0 fully saturated rings. The molecule has 0 N–H and O–H groups in total. The van der Waals surface area contributed by atoms with Crippen molar-refractivity contribution >= 4 is 5.78 Å². The van der Waals surface area contributed by atoms with E-state index in [-0.39, 0.29) is 5.78 Å². The van der Waals surface area contributed by atoms with E-state index in [0.717, 1.165) is 12.8 Å². The molecule has 1 rings (SSSR count). The lowest BCUT2D eigenvalue weighted by Crippen LogP contribution is -2.00. The smallest absolute Gasteiger partial charge is 0.183 e. The van der Waals surface area contributed by atoms with E-state index in [9.17, 15) is 4.79 Å². The Kier molecular flexibility index (Phi) is 3.43. The second-order valence-corrected chi connectivity index (χ2v) is 2.98. The first-order valence-corrected chi connectivity index (χ1v) is 4.38. The Bertz CT molecular complexity index is 302. The van der Waals surface area contributed by atoms with Gasteiger partial charge in [0, 0.05) is 19.7 Å². The number of hydrogen-bond acceptors (Lipinski definition) is 2. The van der Waals surface area contributed by atoms with Gasteiger partial charge >= 0.3 is 0 Å². The zero-order chi connectivity index (χ0) is 9.68. The molecule has 0 aliphatic heterocycles. The highest BCUT2D eigenvalue weighted by Crippen LogP contribution is 2.04. The number of carbonyl (C=O) groups excluding carboxylic acids is 1. The van der Waals surface area contributed by atoms with Crippen molar-refractivity contribution in [1.29, 1.82) is 0 Å². The van der Waals surface area contributed by atoms with Crippen molar-refractivity contribution in [3.05, 3.63) is 30.6 Å². The SMILES string of the molecule is C=CCCCC(=O)c1ccn(C)n1. The number of hydrogen-bond donors (Lipinski definition) is 0. The van der Waals surface area contributed by atoms with Crippen molar-refractivity contribution in [2.45, 2.75) is 19.3 Å². The average Bonchev–Trinajstić information content (AvgIpc) is 2.52. The van der Waals surface area contributed by atoms with E-state index in [0.29, 0.717) is 12.1 Å². The van der Waals surface area contributed by atoms with E-state index in [1.54, 1.807) is 24.0 Å². The fourth-order valence-corrected chi connectivity index (χ4v) is 1.10. The van der Waals surface area contributed by atoms with Gasteiger partial charge in [0.05, 0.1) is 0 Å². The molecule has 3 nitrogen and oxygen atoms in total. The van der Waals surface area contributed by atoms with Crippen LogP contribution in [0.1, 0.15) is 29.8 Å². The molecule has 1 aromatic heterocycles. The molecule has 0 atom stereocenters. The van der Waals surface area contributed by atoms with Crippen LogP contribution in [0.4, 0.5) is 0 Å². The topological polar surface area (TPSA) is 34.9 Å². The van der Waals surface area contributed by atoms with Crippen LogP contribution in [0.2, 0.25) is 0 Å². The Labute approximate surface area is 78.1 Å². The molecule has 1 heterocycles. The highest BCUT2D eigenvalue weighted by molar-refractivity contribution is 5.94. The van der Waals surface area contributed by atoms with E-state index in [2.05, 4.69) is 11.7 Å². The van der Waals surface area contributed by atoms with E-state index < -0.39 is 0 Å². The summed E-state index contributed by atoms with van der Waals surface area (Å²) in [7, 11) is 1.81. The van der Waals surface area contributed by atoms with Gasteiger partial charge < -0.3 is 0 Å². The zero-order valence-corrected chi connectivity index (χ0v) is 7.86. The molecule has 0 aromatic carbocycles. The molecule has 0 amide bonds. The predicted molar refractivity (Wildman–Crippen MR) is 51.6 cm³/mol. The molecule has 13 heavy (non-hydrogen) atoms. The minimum Gasteiger partial charge on any atom is -0.292 e. The molecule has 3 heteroatoms. The average molecular weight is 178 g/mol. The lowest BCUT2D eigenvalue weighted by Gasteiger charge is -1.94. The largest absolute Gasteiger partial charge is 0.292 e. The fourth-order valence-electron chi connectivity index (χ4n) is 1.10. The van der Waals surface area contributed by atoms with Crippen molar-refractivity contribution in [2.24, 2.45) is 7.05 Å². The summed E-state index contributed by atoms with van der Waals surface area (Å²) in [6.45, 7) is 3.60. The molecule has 70 valence electrons. The van der Waals surface area contributed by atoms with Crippen LogP contribution in [0, 0.1) is 0 Å². The van der Waals surface area contributed by atoms with Crippen molar-refractivity contribution < 1.29 is 4.79 Å². The summed E-state index contributed by atoms with van der Waals surface area (Å²) in [5.74, 6) is 0.113. The fraction of sp³-hybridized carbons (Fsp3) is 0.400. The maximum Gasteiger partial charge on any atom is 0.183 e. The van der Waals surface area contributed by atoms with Crippen molar-refractivity contribution in [1.82, 2.24) is 9.78 Å². The Morgan fingerprint density at radius 3 is 3.08 bits per heavy atom. The first-order valence-electron chi connectivity index (χ1n) is 4.38. The molecular formula is C10H14N2O. The number of Topliss-reactive ketones (excluding diaryl/α,β-unsaturated/α-hetero) is 1. The Balaban J connectivity index is 2.44. The highest BCUT2D eigenvalue weighted by Gasteiger charge is 2.07. The maximum absolute atomic E-state index is 11.4. The summed E-state index contributed by atoms with van der Waals surface area (Å²) in [6.07, 6.45) is 5.91. The quantitative estimate of drug-likeness (QED) is 0.392. The van der Waals surface area contributed by atoms with Gasteiger partial charge in [0.15, 0.2) is 5.78 Å². The monoisotopic (exact) mass is 178 g/mol. The minimum atomic E-state index is 0.113. The molecule has 0 spiro atoms. The molecule has 1 aromatic rings. The second-order valence-electron chi connectivity index (χ2n) is 2.98. The van der Waals surface area contributed by atoms with Gasteiger partial charge in [-0.2, -0.15) is 5.10 Å². The van der Waals surface area contributed by atoms with Crippen LogP contribution in [0.15, 0.2) is 24.9 Å². The number of allylic oxidation sites excluding steroid dienone is 1. The lowest BCUT2D eigenvalue weighted by atomic mass is 10.1.